The lowest BCUT2D eigenvalue weighted by Gasteiger charge is -2.07. The maximum Gasteiger partial charge on any atom is 0.277 e. The van der Waals surface area contributed by atoms with Crippen LogP contribution in [0.1, 0.15) is 18.4 Å². The number of carbonyl (C=O) groups excluding carboxylic acids is 1. The van der Waals surface area contributed by atoms with Crippen LogP contribution in [-0.2, 0) is 4.79 Å². The Morgan fingerprint density at radius 2 is 2.09 bits per heavy atom. The Kier molecular flexibility index (Phi) is 5.46. The quantitative estimate of drug-likeness (QED) is 0.664. The predicted molar refractivity (Wildman–Crippen MR) is 85.8 cm³/mol. The predicted octanol–water partition coefficient (Wildman–Crippen LogP) is 3.81. The van der Waals surface area contributed by atoms with Gasteiger partial charge >= 0.3 is 0 Å². The molecule has 0 fully saturated rings. The maximum atomic E-state index is 11.7. The van der Waals surface area contributed by atoms with E-state index in [4.69, 9.17) is 32.4 Å². The van der Waals surface area contributed by atoms with Crippen LogP contribution in [0.15, 0.2) is 39.9 Å². The molecule has 116 valence electrons. The van der Waals surface area contributed by atoms with Crippen molar-refractivity contribution < 1.29 is 13.9 Å². The summed E-state index contributed by atoms with van der Waals surface area (Å²) >= 11 is 11.7. The number of aryl methyl sites for hydroxylation is 1. The minimum Gasteiger partial charge on any atom is -0.482 e. The molecule has 0 bridgehead atoms. The first-order valence-corrected chi connectivity index (χ1v) is 7.19. The number of nitrogens with one attached hydrogen (secondary N) is 1. The van der Waals surface area contributed by atoms with Crippen LogP contribution in [-0.4, -0.2) is 18.2 Å². The van der Waals surface area contributed by atoms with E-state index in [1.165, 1.54) is 6.07 Å². The van der Waals surface area contributed by atoms with Crippen LogP contribution in [0, 0.1) is 6.92 Å². The highest BCUT2D eigenvalue weighted by atomic mass is 35.5. The van der Waals surface area contributed by atoms with Gasteiger partial charge in [0.2, 0.25) is 0 Å². The van der Waals surface area contributed by atoms with Gasteiger partial charge in [0.1, 0.15) is 23.0 Å². The molecular weight excluding hydrogens is 327 g/mol. The standard InChI is InChI=1S/C15H14Cl2N2O3/c1-9-3-5-13(22-9)10(2)18-19-15(20)8-21-14-6-4-11(16)7-12(14)17/h3-7H,8H2,1-2H3,(H,19,20)/b18-10+. The molecule has 1 heterocycles. The molecule has 2 rings (SSSR count). The average Bonchev–Trinajstić information content (AvgIpc) is 2.90. The number of carbonyl (C=O) groups is 1. The summed E-state index contributed by atoms with van der Waals surface area (Å²) in [6, 6.07) is 8.37. The number of halogens is 2. The van der Waals surface area contributed by atoms with E-state index in [1.54, 1.807) is 25.1 Å². The molecule has 1 aromatic heterocycles. The molecule has 5 nitrogen and oxygen atoms in total. The zero-order chi connectivity index (χ0) is 16.1. The molecule has 0 unspecified atom stereocenters. The highest BCUT2D eigenvalue weighted by molar-refractivity contribution is 6.35. The van der Waals surface area contributed by atoms with Crippen LogP contribution in [0.25, 0.3) is 0 Å². The monoisotopic (exact) mass is 340 g/mol. The van der Waals surface area contributed by atoms with Crippen LogP contribution in [0.2, 0.25) is 10.0 Å². The first-order chi connectivity index (χ1) is 10.5. The first kappa shape index (κ1) is 16.4. The lowest BCUT2D eigenvalue weighted by molar-refractivity contribution is -0.123. The molecule has 0 atom stereocenters. The summed E-state index contributed by atoms with van der Waals surface area (Å²) in [4.78, 5) is 11.7. The van der Waals surface area contributed by atoms with E-state index >= 15 is 0 Å². The van der Waals surface area contributed by atoms with Crippen LogP contribution in [0.3, 0.4) is 0 Å². The molecular formula is C15H14Cl2N2O3. The lowest BCUT2D eigenvalue weighted by atomic mass is 10.3. The number of amides is 1. The van der Waals surface area contributed by atoms with Crippen molar-refractivity contribution in [3.63, 3.8) is 0 Å². The maximum absolute atomic E-state index is 11.7. The summed E-state index contributed by atoms with van der Waals surface area (Å²) < 4.78 is 10.7. The van der Waals surface area contributed by atoms with Gasteiger partial charge in [0.05, 0.1) is 5.02 Å². The van der Waals surface area contributed by atoms with E-state index in [0.29, 0.717) is 27.3 Å². The minimum absolute atomic E-state index is 0.213. The van der Waals surface area contributed by atoms with Gasteiger partial charge in [-0.3, -0.25) is 4.79 Å². The summed E-state index contributed by atoms with van der Waals surface area (Å²) in [6.07, 6.45) is 0. The second-order valence-electron chi connectivity index (χ2n) is 4.51. The fourth-order valence-electron chi connectivity index (χ4n) is 1.60. The van der Waals surface area contributed by atoms with Gasteiger partial charge in [-0.1, -0.05) is 23.2 Å². The van der Waals surface area contributed by atoms with Crippen molar-refractivity contribution in [2.45, 2.75) is 13.8 Å². The highest BCUT2D eigenvalue weighted by Gasteiger charge is 2.07. The Hall–Kier alpha value is -1.98. The Labute approximate surface area is 137 Å². The fraction of sp³-hybridized carbons (Fsp3) is 0.200. The summed E-state index contributed by atoms with van der Waals surface area (Å²) in [7, 11) is 0. The van der Waals surface area contributed by atoms with E-state index in [-0.39, 0.29) is 6.61 Å². The van der Waals surface area contributed by atoms with Gasteiger partial charge in [-0.2, -0.15) is 5.10 Å². The molecule has 0 aliphatic carbocycles. The Morgan fingerprint density at radius 3 is 2.73 bits per heavy atom. The van der Waals surface area contributed by atoms with Crippen molar-refractivity contribution in [2.75, 3.05) is 6.61 Å². The van der Waals surface area contributed by atoms with Gasteiger partial charge in [0, 0.05) is 5.02 Å². The first-order valence-electron chi connectivity index (χ1n) is 6.43. The third-order valence-corrected chi connectivity index (χ3v) is 3.23. The molecule has 1 N–H and O–H groups in total. The molecule has 7 heteroatoms. The molecule has 1 amide bonds. The van der Waals surface area contributed by atoms with E-state index in [0.717, 1.165) is 5.76 Å². The third kappa shape index (κ3) is 4.51. The summed E-state index contributed by atoms with van der Waals surface area (Å²) in [5, 5.41) is 4.78. The Morgan fingerprint density at radius 1 is 1.32 bits per heavy atom. The molecule has 1 aromatic carbocycles. The number of nitrogens with zero attached hydrogens (tertiary/aromatic N) is 1. The van der Waals surface area contributed by atoms with Crippen LogP contribution >= 0.6 is 23.2 Å². The van der Waals surface area contributed by atoms with Crippen LogP contribution in [0.5, 0.6) is 5.75 Å². The summed E-state index contributed by atoms with van der Waals surface area (Å²) in [5.74, 6) is 1.34. The molecule has 22 heavy (non-hydrogen) atoms. The van der Waals surface area contributed by atoms with Crippen molar-refractivity contribution in [3.8, 4) is 5.75 Å². The van der Waals surface area contributed by atoms with E-state index in [9.17, 15) is 4.79 Å². The molecule has 0 radical (unpaired) electrons. The Balaban J connectivity index is 1.88. The zero-order valence-electron chi connectivity index (χ0n) is 12.0. The molecule has 0 aliphatic heterocycles. The van der Waals surface area contributed by atoms with Gasteiger partial charge in [-0.05, 0) is 44.2 Å². The van der Waals surface area contributed by atoms with Gasteiger partial charge in [-0.25, -0.2) is 5.43 Å². The molecule has 0 saturated carbocycles. The number of hydrazone groups is 1. The summed E-state index contributed by atoms with van der Waals surface area (Å²) in [5.41, 5.74) is 2.95. The minimum atomic E-state index is -0.409. The van der Waals surface area contributed by atoms with E-state index in [1.807, 2.05) is 13.0 Å². The lowest BCUT2D eigenvalue weighted by Crippen LogP contribution is -2.25. The molecule has 2 aromatic rings. The van der Waals surface area contributed by atoms with Gasteiger partial charge in [-0.15, -0.1) is 0 Å². The van der Waals surface area contributed by atoms with Gasteiger partial charge in [0.15, 0.2) is 6.61 Å². The van der Waals surface area contributed by atoms with E-state index < -0.39 is 5.91 Å². The van der Waals surface area contributed by atoms with Crippen LogP contribution in [0.4, 0.5) is 0 Å². The zero-order valence-corrected chi connectivity index (χ0v) is 13.5. The van der Waals surface area contributed by atoms with Crippen molar-refractivity contribution in [1.82, 2.24) is 5.43 Å². The van der Waals surface area contributed by atoms with Crippen molar-refractivity contribution in [3.05, 3.63) is 51.9 Å². The fourth-order valence-corrected chi connectivity index (χ4v) is 2.06. The second-order valence-corrected chi connectivity index (χ2v) is 5.35. The number of benzene rings is 1. The number of hydrogen-bond donors (Lipinski definition) is 1. The average molecular weight is 341 g/mol. The van der Waals surface area contributed by atoms with Crippen molar-refractivity contribution >= 4 is 34.8 Å². The van der Waals surface area contributed by atoms with Crippen molar-refractivity contribution in [1.29, 1.82) is 0 Å². The molecule has 0 saturated heterocycles. The smallest absolute Gasteiger partial charge is 0.277 e. The van der Waals surface area contributed by atoms with Crippen molar-refractivity contribution in [2.24, 2.45) is 5.10 Å². The largest absolute Gasteiger partial charge is 0.482 e. The molecule has 0 spiro atoms. The Bertz CT molecular complexity index is 711. The van der Waals surface area contributed by atoms with Gasteiger partial charge in [0.25, 0.3) is 5.91 Å². The van der Waals surface area contributed by atoms with Crippen LogP contribution < -0.4 is 10.2 Å². The normalized spacial score (nSPS) is 11.4. The topological polar surface area (TPSA) is 63.8 Å². The SMILES string of the molecule is C/C(=N\NC(=O)COc1ccc(Cl)cc1Cl)c1ccc(C)o1. The van der Waals surface area contributed by atoms with E-state index in [2.05, 4.69) is 10.5 Å². The van der Waals surface area contributed by atoms with Gasteiger partial charge < -0.3 is 9.15 Å². The number of furan rings is 1. The third-order valence-electron chi connectivity index (χ3n) is 2.70. The highest BCUT2D eigenvalue weighted by Crippen LogP contribution is 2.27. The summed E-state index contributed by atoms with van der Waals surface area (Å²) in [6.45, 7) is 3.35. The number of hydrogen-bond acceptors (Lipinski definition) is 4. The second kappa shape index (κ2) is 7.33. The molecule has 0 aliphatic rings. The number of ether oxygens (including phenoxy) is 1. The number of rotatable bonds is 5.